The minimum atomic E-state index is 0.0226. The molecular formula is C17H18BrIN2. The Morgan fingerprint density at radius 2 is 2.00 bits per heavy atom. The number of nitrogens with two attached hydrogens (primary N) is 1. The maximum absolute atomic E-state index is 5.86. The number of hydrogen-bond donors (Lipinski definition) is 2. The topological polar surface area (TPSA) is 38.0 Å². The first-order valence-corrected chi connectivity index (χ1v) is 9.07. The van der Waals surface area contributed by atoms with Gasteiger partial charge in [-0.1, -0.05) is 46.6 Å². The molecule has 1 saturated carbocycles. The highest BCUT2D eigenvalue weighted by atomic mass is 127. The molecule has 0 aromatic heterocycles. The summed E-state index contributed by atoms with van der Waals surface area (Å²) in [6.45, 7) is 0. The summed E-state index contributed by atoms with van der Waals surface area (Å²) in [4.78, 5) is 0. The Bertz CT molecular complexity index is 640. The molecule has 0 spiro atoms. The Morgan fingerprint density at radius 3 is 2.67 bits per heavy atom. The zero-order chi connectivity index (χ0) is 14.8. The number of halogens is 2. The minimum Gasteiger partial charge on any atom is -0.271 e. The molecule has 2 aromatic rings. The smallest absolute Gasteiger partial charge is 0.0720 e. The Morgan fingerprint density at radius 1 is 1.19 bits per heavy atom. The lowest BCUT2D eigenvalue weighted by Crippen LogP contribution is -2.29. The van der Waals surface area contributed by atoms with Crippen molar-refractivity contribution in [3.8, 4) is 0 Å². The molecule has 0 heterocycles. The van der Waals surface area contributed by atoms with Gasteiger partial charge < -0.3 is 0 Å². The summed E-state index contributed by atoms with van der Waals surface area (Å²) < 4.78 is 2.29. The van der Waals surface area contributed by atoms with Gasteiger partial charge in [-0.15, -0.1) is 0 Å². The highest BCUT2D eigenvalue weighted by Crippen LogP contribution is 2.37. The van der Waals surface area contributed by atoms with Crippen molar-refractivity contribution in [2.75, 3.05) is 0 Å². The Hall–Kier alpha value is -0.430. The lowest BCUT2D eigenvalue weighted by atomic mass is 9.79. The monoisotopic (exact) mass is 456 g/mol. The fourth-order valence-electron chi connectivity index (χ4n) is 2.84. The highest BCUT2D eigenvalue weighted by Gasteiger charge is 2.21. The maximum Gasteiger partial charge on any atom is 0.0720 e. The van der Waals surface area contributed by atoms with Gasteiger partial charge in [0.25, 0.3) is 0 Å². The van der Waals surface area contributed by atoms with Gasteiger partial charge in [-0.05, 0) is 76.2 Å². The molecule has 4 heteroatoms. The largest absolute Gasteiger partial charge is 0.271 e. The molecule has 3 rings (SSSR count). The molecule has 1 unspecified atom stereocenters. The van der Waals surface area contributed by atoms with Crippen LogP contribution in [0.4, 0.5) is 0 Å². The number of rotatable bonds is 4. The summed E-state index contributed by atoms with van der Waals surface area (Å²) in [5.74, 6) is 6.60. The fraction of sp³-hybridized carbons (Fsp3) is 0.294. The van der Waals surface area contributed by atoms with E-state index in [1.165, 1.54) is 39.5 Å². The summed E-state index contributed by atoms with van der Waals surface area (Å²) in [5, 5.41) is 0. The molecular weight excluding hydrogens is 439 g/mol. The third-order valence-electron chi connectivity index (χ3n) is 4.26. The van der Waals surface area contributed by atoms with Crippen LogP contribution in [-0.4, -0.2) is 0 Å². The lowest BCUT2D eigenvalue weighted by Gasteiger charge is -2.27. The molecule has 2 aromatic carbocycles. The van der Waals surface area contributed by atoms with Crippen molar-refractivity contribution in [2.45, 2.75) is 31.2 Å². The van der Waals surface area contributed by atoms with Gasteiger partial charge in [0.05, 0.1) is 6.04 Å². The Labute approximate surface area is 147 Å². The van der Waals surface area contributed by atoms with Crippen molar-refractivity contribution in [1.29, 1.82) is 0 Å². The van der Waals surface area contributed by atoms with E-state index in [9.17, 15) is 0 Å². The van der Waals surface area contributed by atoms with Gasteiger partial charge in [-0.25, -0.2) is 5.43 Å². The van der Waals surface area contributed by atoms with E-state index >= 15 is 0 Å². The average Bonchev–Trinajstić information content (AvgIpc) is 2.42. The van der Waals surface area contributed by atoms with Crippen LogP contribution in [-0.2, 0) is 0 Å². The quantitative estimate of drug-likeness (QED) is 0.391. The molecule has 1 aliphatic rings. The first kappa shape index (κ1) is 15.5. The first-order chi connectivity index (χ1) is 10.2. The van der Waals surface area contributed by atoms with Crippen molar-refractivity contribution >= 4 is 38.5 Å². The molecule has 110 valence electrons. The van der Waals surface area contributed by atoms with Crippen LogP contribution in [0.15, 0.2) is 46.9 Å². The molecule has 1 fully saturated rings. The zero-order valence-electron chi connectivity index (χ0n) is 11.7. The molecule has 2 nitrogen and oxygen atoms in total. The molecule has 1 aliphatic carbocycles. The van der Waals surface area contributed by atoms with E-state index in [2.05, 4.69) is 86.4 Å². The summed E-state index contributed by atoms with van der Waals surface area (Å²) >= 11 is 5.92. The summed E-state index contributed by atoms with van der Waals surface area (Å²) in [7, 11) is 0. The third kappa shape index (κ3) is 3.33. The second kappa shape index (κ2) is 6.77. The van der Waals surface area contributed by atoms with Gasteiger partial charge in [0.1, 0.15) is 0 Å². The normalized spacial score (nSPS) is 16.5. The first-order valence-electron chi connectivity index (χ1n) is 7.20. The molecule has 0 saturated heterocycles. The van der Waals surface area contributed by atoms with E-state index in [1.807, 2.05) is 0 Å². The lowest BCUT2D eigenvalue weighted by molar-refractivity contribution is 0.419. The van der Waals surface area contributed by atoms with Crippen LogP contribution < -0.4 is 11.3 Å². The third-order valence-corrected chi connectivity index (χ3v) is 5.73. The van der Waals surface area contributed by atoms with Crippen molar-refractivity contribution < 1.29 is 0 Å². The van der Waals surface area contributed by atoms with Crippen LogP contribution in [0.1, 0.15) is 47.9 Å². The van der Waals surface area contributed by atoms with Crippen molar-refractivity contribution in [2.24, 2.45) is 5.84 Å². The van der Waals surface area contributed by atoms with Gasteiger partial charge in [0, 0.05) is 8.04 Å². The van der Waals surface area contributed by atoms with Crippen molar-refractivity contribution in [1.82, 2.24) is 5.43 Å². The predicted molar refractivity (Wildman–Crippen MR) is 99.1 cm³/mol. The van der Waals surface area contributed by atoms with E-state index in [4.69, 9.17) is 5.84 Å². The highest BCUT2D eigenvalue weighted by molar-refractivity contribution is 14.1. The Kier molecular flexibility index (Phi) is 4.99. The maximum atomic E-state index is 5.86. The number of benzene rings is 2. The molecule has 21 heavy (non-hydrogen) atoms. The second-order valence-electron chi connectivity index (χ2n) is 5.56. The summed E-state index contributed by atoms with van der Waals surface area (Å²) in [6.07, 6.45) is 3.99. The van der Waals surface area contributed by atoms with Gasteiger partial charge in [0.15, 0.2) is 0 Å². The van der Waals surface area contributed by atoms with E-state index in [-0.39, 0.29) is 6.04 Å². The molecule has 3 N–H and O–H groups in total. The molecule has 0 amide bonds. The second-order valence-corrected chi connectivity index (χ2v) is 7.64. The van der Waals surface area contributed by atoms with Crippen molar-refractivity contribution in [3.63, 3.8) is 0 Å². The van der Waals surface area contributed by atoms with Gasteiger partial charge in [0.2, 0.25) is 0 Å². The van der Waals surface area contributed by atoms with Gasteiger partial charge >= 0.3 is 0 Å². The van der Waals surface area contributed by atoms with Crippen LogP contribution >= 0.6 is 38.5 Å². The van der Waals surface area contributed by atoms with E-state index in [0.717, 1.165) is 10.4 Å². The van der Waals surface area contributed by atoms with E-state index in [1.54, 1.807) is 0 Å². The SMILES string of the molecule is NNC(c1cccc(C2CCC2)c1)c1cc(Br)ccc1I. The summed E-state index contributed by atoms with van der Waals surface area (Å²) in [5.41, 5.74) is 6.87. The van der Waals surface area contributed by atoms with Crippen LogP contribution in [0.2, 0.25) is 0 Å². The van der Waals surface area contributed by atoms with Crippen LogP contribution in [0, 0.1) is 3.57 Å². The fourth-order valence-corrected chi connectivity index (χ4v) is 3.86. The number of nitrogens with one attached hydrogen (secondary N) is 1. The number of hydrazine groups is 1. The number of hydrogen-bond acceptors (Lipinski definition) is 2. The standard InChI is InChI=1S/C17H18BrIN2/c18-14-7-8-16(19)15(10-14)17(21-20)13-6-2-5-12(9-13)11-3-1-4-11/h2,5-11,17,21H,1,3-4,20H2. The van der Waals surface area contributed by atoms with Gasteiger partial charge in [-0.3, -0.25) is 5.84 Å². The Balaban J connectivity index is 1.97. The van der Waals surface area contributed by atoms with Crippen LogP contribution in [0.3, 0.4) is 0 Å². The average molecular weight is 457 g/mol. The van der Waals surface area contributed by atoms with Crippen LogP contribution in [0.5, 0.6) is 0 Å². The molecule has 1 atom stereocenters. The minimum absolute atomic E-state index is 0.0226. The van der Waals surface area contributed by atoms with E-state index < -0.39 is 0 Å². The van der Waals surface area contributed by atoms with Gasteiger partial charge in [-0.2, -0.15) is 0 Å². The predicted octanol–water partition coefficient (Wildman–Crippen LogP) is 4.87. The van der Waals surface area contributed by atoms with Crippen LogP contribution in [0.25, 0.3) is 0 Å². The van der Waals surface area contributed by atoms with Crippen molar-refractivity contribution in [3.05, 3.63) is 67.2 Å². The molecule has 0 aliphatic heterocycles. The molecule has 0 bridgehead atoms. The van der Waals surface area contributed by atoms with E-state index in [0.29, 0.717) is 0 Å². The zero-order valence-corrected chi connectivity index (χ0v) is 15.4. The summed E-state index contributed by atoms with van der Waals surface area (Å²) in [6, 6.07) is 15.2. The molecule has 0 radical (unpaired) electrons.